The lowest BCUT2D eigenvalue weighted by Gasteiger charge is -2.27. The second-order valence-electron chi connectivity index (χ2n) is 4.17. The van der Waals surface area contributed by atoms with E-state index in [4.69, 9.17) is 0 Å². The third-order valence-electron chi connectivity index (χ3n) is 2.75. The van der Waals surface area contributed by atoms with Gasteiger partial charge in [-0.05, 0) is 19.4 Å². The third kappa shape index (κ3) is 4.38. The first kappa shape index (κ1) is 13.3. The average molecular weight is 238 g/mol. The molecule has 1 heterocycles. The lowest BCUT2D eigenvalue weighted by molar-refractivity contribution is -0.146. The number of carbonyl (C=O) groups is 1. The summed E-state index contributed by atoms with van der Waals surface area (Å²) in [6.45, 7) is 1.21. The van der Waals surface area contributed by atoms with E-state index in [1.807, 2.05) is 0 Å². The number of nitrogens with one attached hydrogen (secondary N) is 1. The monoisotopic (exact) mass is 238 g/mol. The van der Waals surface area contributed by atoms with Gasteiger partial charge in [0.1, 0.15) is 0 Å². The van der Waals surface area contributed by atoms with Gasteiger partial charge in [0.25, 0.3) is 0 Å². The normalized spacial score (nSPS) is 21.9. The highest BCUT2D eigenvalue weighted by Gasteiger charge is 2.30. The van der Waals surface area contributed by atoms with E-state index in [-0.39, 0.29) is 18.4 Å². The van der Waals surface area contributed by atoms with Crippen LogP contribution in [0.2, 0.25) is 0 Å². The zero-order valence-corrected chi connectivity index (χ0v) is 9.31. The van der Waals surface area contributed by atoms with Crippen LogP contribution in [0.25, 0.3) is 0 Å². The maximum atomic E-state index is 12.0. The van der Waals surface area contributed by atoms with E-state index in [0.717, 1.165) is 19.4 Å². The van der Waals surface area contributed by atoms with Crippen molar-refractivity contribution in [1.29, 1.82) is 0 Å². The molecule has 0 spiro atoms. The molecule has 0 radical (unpaired) electrons. The van der Waals surface area contributed by atoms with E-state index in [1.165, 1.54) is 11.9 Å². The number of carbonyl (C=O) groups excluding carboxylic acids is 1. The van der Waals surface area contributed by atoms with Crippen molar-refractivity contribution in [3.8, 4) is 0 Å². The minimum absolute atomic E-state index is 0.160. The molecule has 0 aliphatic carbocycles. The lowest BCUT2D eigenvalue weighted by Crippen LogP contribution is -2.42. The molecule has 1 N–H and O–H groups in total. The average Bonchev–Trinajstić information content (AvgIpc) is 2.25. The molecule has 1 amide bonds. The van der Waals surface area contributed by atoms with Crippen molar-refractivity contribution in [2.75, 3.05) is 26.7 Å². The first-order valence-corrected chi connectivity index (χ1v) is 5.42. The molecule has 3 nitrogen and oxygen atoms in total. The lowest BCUT2D eigenvalue weighted by atomic mass is 9.98. The highest BCUT2D eigenvalue weighted by Crippen LogP contribution is 2.20. The Balaban J connectivity index is 2.34. The van der Waals surface area contributed by atoms with E-state index in [9.17, 15) is 18.0 Å². The van der Waals surface area contributed by atoms with Gasteiger partial charge >= 0.3 is 6.18 Å². The van der Waals surface area contributed by atoms with E-state index in [0.29, 0.717) is 6.54 Å². The Kier molecular flexibility index (Phi) is 4.58. The smallest absolute Gasteiger partial charge is 0.345 e. The van der Waals surface area contributed by atoms with Gasteiger partial charge in [-0.2, -0.15) is 13.2 Å². The van der Waals surface area contributed by atoms with Crippen LogP contribution in [0.5, 0.6) is 0 Å². The summed E-state index contributed by atoms with van der Waals surface area (Å²) in [5.74, 6) is -0.344. The number of nitrogens with zero attached hydrogens (tertiary/aromatic N) is 1. The Morgan fingerprint density at radius 3 is 2.69 bits per heavy atom. The van der Waals surface area contributed by atoms with Crippen LogP contribution >= 0.6 is 0 Å². The van der Waals surface area contributed by atoms with Crippen molar-refractivity contribution in [2.24, 2.45) is 5.92 Å². The summed E-state index contributed by atoms with van der Waals surface area (Å²) in [6.07, 6.45) is -3.46. The van der Waals surface area contributed by atoms with Crippen LogP contribution in [0.4, 0.5) is 13.2 Å². The van der Waals surface area contributed by atoms with Crippen LogP contribution in [-0.4, -0.2) is 43.7 Å². The van der Waals surface area contributed by atoms with Crippen molar-refractivity contribution in [3.63, 3.8) is 0 Å². The first-order chi connectivity index (χ1) is 7.40. The summed E-state index contributed by atoms with van der Waals surface area (Å²) in [5, 5.41) is 3.07. The number of hydrogen-bond donors (Lipinski definition) is 1. The molecule has 1 fully saturated rings. The van der Waals surface area contributed by atoms with Gasteiger partial charge in [0, 0.05) is 20.1 Å². The van der Waals surface area contributed by atoms with E-state index >= 15 is 0 Å². The Morgan fingerprint density at radius 1 is 1.50 bits per heavy atom. The van der Waals surface area contributed by atoms with Crippen LogP contribution in [0.15, 0.2) is 0 Å². The van der Waals surface area contributed by atoms with Gasteiger partial charge in [0.15, 0.2) is 0 Å². The van der Waals surface area contributed by atoms with Gasteiger partial charge in [-0.25, -0.2) is 0 Å². The predicted octanol–water partition coefficient (Wildman–Crippen LogP) is 1.40. The molecule has 1 rings (SSSR count). The number of amides is 1. The molecule has 0 saturated carbocycles. The third-order valence-corrected chi connectivity index (χ3v) is 2.75. The molecule has 1 atom stereocenters. The van der Waals surface area contributed by atoms with Crippen LogP contribution in [0, 0.1) is 5.92 Å². The Labute approximate surface area is 93.0 Å². The maximum absolute atomic E-state index is 12.0. The zero-order chi connectivity index (χ0) is 12.2. The van der Waals surface area contributed by atoms with Crippen LogP contribution in [0.1, 0.15) is 19.3 Å². The van der Waals surface area contributed by atoms with Gasteiger partial charge in [-0.1, -0.05) is 0 Å². The molecule has 16 heavy (non-hydrogen) atoms. The predicted molar refractivity (Wildman–Crippen MR) is 53.9 cm³/mol. The molecule has 0 aromatic heterocycles. The van der Waals surface area contributed by atoms with Crippen molar-refractivity contribution >= 4 is 5.91 Å². The zero-order valence-electron chi connectivity index (χ0n) is 9.31. The van der Waals surface area contributed by atoms with Gasteiger partial charge < -0.3 is 10.2 Å². The van der Waals surface area contributed by atoms with Gasteiger partial charge in [-0.15, -0.1) is 0 Å². The van der Waals surface area contributed by atoms with Crippen LogP contribution in [-0.2, 0) is 4.79 Å². The summed E-state index contributed by atoms with van der Waals surface area (Å²) >= 11 is 0. The van der Waals surface area contributed by atoms with Crippen LogP contribution in [0.3, 0.4) is 0 Å². The van der Waals surface area contributed by atoms with Crippen molar-refractivity contribution in [2.45, 2.75) is 25.4 Å². The fourth-order valence-electron chi connectivity index (χ4n) is 1.78. The summed E-state index contributed by atoms with van der Waals surface area (Å²) in [4.78, 5) is 12.9. The Hall–Kier alpha value is -0.780. The molecule has 94 valence electrons. The highest BCUT2D eigenvalue weighted by atomic mass is 19.4. The fourth-order valence-corrected chi connectivity index (χ4v) is 1.78. The standard InChI is InChI=1S/C10H17F3N2O/c1-15(6-4-10(11,12)13)9(16)8-3-2-5-14-7-8/h8,14H,2-7H2,1H3/t8-/m0/s1. The molecule has 0 aromatic rings. The summed E-state index contributed by atoms with van der Waals surface area (Å²) < 4.78 is 35.9. The number of halogens is 3. The highest BCUT2D eigenvalue weighted by molar-refractivity contribution is 5.78. The first-order valence-electron chi connectivity index (χ1n) is 5.42. The van der Waals surface area contributed by atoms with Crippen LogP contribution < -0.4 is 5.32 Å². The number of rotatable bonds is 3. The molecule has 1 saturated heterocycles. The summed E-state index contributed by atoms with van der Waals surface area (Å²) in [7, 11) is 1.43. The largest absolute Gasteiger partial charge is 0.390 e. The number of hydrogen-bond acceptors (Lipinski definition) is 2. The van der Waals surface area contributed by atoms with Crippen molar-refractivity contribution in [3.05, 3.63) is 0 Å². The molecule has 1 aliphatic heterocycles. The minimum Gasteiger partial charge on any atom is -0.345 e. The van der Waals surface area contributed by atoms with E-state index in [2.05, 4.69) is 5.32 Å². The van der Waals surface area contributed by atoms with E-state index in [1.54, 1.807) is 0 Å². The molecule has 0 bridgehead atoms. The number of alkyl halides is 3. The molecule has 6 heteroatoms. The quantitative estimate of drug-likeness (QED) is 0.806. The van der Waals surface area contributed by atoms with Crippen molar-refractivity contribution < 1.29 is 18.0 Å². The van der Waals surface area contributed by atoms with Gasteiger partial charge in [0.2, 0.25) is 5.91 Å². The molecule has 0 unspecified atom stereocenters. The minimum atomic E-state index is -4.20. The number of piperidine rings is 1. The summed E-state index contributed by atoms with van der Waals surface area (Å²) in [5.41, 5.74) is 0. The molecule has 1 aliphatic rings. The maximum Gasteiger partial charge on any atom is 0.390 e. The Bertz CT molecular complexity index is 237. The molecular formula is C10H17F3N2O. The van der Waals surface area contributed by atoms with E-state index < -0.39 is 12.6 Å². The molecule has 0 aromatic carbocycles. The second-order valence-corrected chi connectivity index (χ2v) is 4.17. The topological polar surface area (TPSA) is 32.3 Å². The second kappa shape index (κ2) is 5.52. The SMILES string of the molecule is CN(CCC(F)(F)F)C(=O)[C@H]1CCCNC1. The molecular weight excluding hydrogens is 221 g/mol. The van der Waals surface area contributed by atoms with Gasteiger partial charge in [0.05, 0.1) is 12.3 Å². The van der Waals surface area contributed by atoms with Crippen molar-refractivity contribution in [1.82, 2.24) is 10.2 Å². The summed E-state index contributed by atoms with van der Waals surface area (Å²) in [6, 6.07) is 0. The fraction of sp³-hybridized carbons (Fsp3) is 0.900. The van der Waals surface area contributed by atoms with Gasteiger partial charge in [-0.3, -0.25) is 4.79 Å². The Morgan fingerprint density at radius 2 is 2.19 bits per heavy atom.